The Morgan fingerprint density at radius 2 is 1.74 bits per heavy atom. The standard InChI is InChI=1S/C28H26N2O4/c1-17(2)16-32-21-10-8-20(9-11-21)28(31)33-22-12-13-23-25(14-22)34-27(30)24(15-29)26(23)19-6-4-18(3)5-7-19/h4-14,17,26H,16,30H2,1-3H3. The van der Waals surface area contributed by atoms with Gasteiger partial charge in [0.15, 0.2) is 0 Å². The number of aryl methyl sites for hydroxylation is 1. The third-order valence-electron chi connectivity index (χ3n) is 5.49. The lowest BCUT2D eigenvalue weighted by molar-refractivity contribution is 0.0734. The summed E-state index contributed by atoms with van der Waals surface area (Å²) in [6, 6.07) is 22.1. The highest BCUT2D eigenvalue weighted by atomic mass is 16.5. The van der Waals surface area contributed by atoms with Crippen LogP contribution >= 0.6 is 0 Å². The van der Waals surface area contributed by atoms with Gasteiger partial charge < -0.3 is 19.9 Å². The monoisotopic (exact) mass is 454 g/mol. The second-order valence-corrected chi connectivity index (χ2v) is 8.65. The summed E-state index contributed by atoms with van der Waals surface area (Å²) < 4.78 is 17.0. The van der Waals surface area contributed by atoms with Gasteiger partial charge >= 0.3 is 5.97 Å². The lowest BCUT2D eigenvalue weighted by Gasteiger charge is -2.26. The van der Waals surface area contributed by atoms with Crippen molar-refractivity contribution in [1.29, 1.82) is 5.26 Å². The van der Waals surface area contributed by atoms with Crippen LogP contribution in [0.2, 0.25) is 0 Å². The molecule has 0 aliphatic carbocycles. The van der Waals surface area contributed by atoms with Crippen molar-refractivity contribution in [1.82, 2.24) is 0 Å². The van der Waals surface area contributed by atoms with Crippen LogP contribution in [0.25, 0.3) is 0 Å². The van der Waals surface area contributed by atoms with Crippen LogP contribution in [0.1, 0.15) is 46.8 Å². The number of esters is 1. The Kier molecular flexibility index (Phi) is 6.55. The van der Waals surface area contributed by atoms with Gasteiger partial charge in [-0.1, -0.05) is 49.7 Å². The van der Waals surface area contributed by atoms with Crippen LogP contribution in [-0.2, 0) is 0 Å². The van der Waals surface area contributed by atoms with Crippen LogP contribution < -0.4 is 19.9 Å². The average Bonchev–Trinajstić information content (AvgIpc) is 2.82. The molecule has 34 heavy (non-hydrogen) atoms. The number of nitrogens with zero attached hydrogens (tertiary/aromatic N) is 1. The number of nitriles is 1. The van der Waals surface area contributed by atoms with Crippen LogP contribution in [0.15, 0.2) is 78.2 Å². The second-order valence-electron chi connectivity index (χ2n) is 8.65. The van der Waals surface area contributed by atoms with Crippen molar-refractivity contribution in [3.8, 4) is 23.3 Å². The highest BCUT2D eigenvalue weighted by molar-refractivity contribution is 5.91. The van der Waals surface area contributed by atoms with Crippen molar-refractivity contribution in [3.05, 3.63) is 100 Å². The molecule has 1 heterocycles. The molecule has 1 unspecified atom stereocenters. The van der Waals surface area contributed by atoms with Gasteiger partial charge in [0, 0.05) is 11.6 Å². The van der Waals surface area contributed by atoms with E-state index in [9.17, 15) is 10.1 Å². The number of nitrogens with two attached hydrogens (primary N) is 1. The molecule has 0 saturated carbocycles. The smallest absolute Gasteiger partial charge is 0.343 e. The Morgan fingerprint density at radius 3 is 2.38 bits per heavy atom. The van der Waals surface area contributed by atoms with E-state index in [1.54, 1.807) is 42.5 Å². The molecule has 6 nitrogen and oxygen atoms in total. The summed E-state index contributed by atoms with van der Waals surface area (Å²) >= 11 is 0. The molecule has 172 valence electrons. The minimum absolute atomic E-state index is 0.0426. The molecule has 2 N–H and O–H groups in total. The number of carbonyl (C=O) groups excluding carboxylic acids is 1. The van der Waals surface area contributed by atoms with Gasteiger partial charge in [-0.05, 0) is 48.7 Å². The maximum Gasteiger partial charge on any atom is 0.343 e. The van der Waals surface area contributed by atoms with E-state index in [2.05, 4.69) is 19.9 Å². The van der Waals surface area contributed by atoms with Crippen molar-refractivity contribution in [3.63, 3.8) is 0 Å². The predicted molar refractivity (Wildman–Crippen MR) is 129 cm³/mol. The third kappa shape index (κ3) is 4.89. The fourth-order valence-electron chi connectivity index (χ4n) is 3.72. The molecule has 0 fully saturated rings. The first-order valence-electron chi connectivity index (χ1n) is 11.1. The molecule has 3 aromatic carbocycles. The van der Waals surface area contributed by atoms with Gasteiger partial charge in [0.05, 0.1) is 18.1 Å². The number of allylic oxidation sites excluding steroid dienone is 1. The van der Waals surface area contributed by atoms with E-state index in [1.165, 1.54) is 0 Å². The first kappa shape index (κ1) is 22.9. The van der Waals surface area contributed by atoms with E-state index in [4.69, 9.17) is 19.9 Å². The molecule has 1 atom stereocenters. The number of hydrogen-bond donors (Lipinski definition) is 1. The van der Waals surface area contributed by atoms with Crippen LogP contribution in [0.3, 0.4) is 0 Å². The fourth-order valence-corrected chi connectivity index (χ4v) is 3.72. The minimum atomic E-state index is -0.498. The fraction of sp³-hybridized carbons (Fsp3) is 0.214. The summed E-state index contributed by atoms with van der Waals surface area (Å²) in [6.45, 7) is 6.75. The highest BCUT2D eigenvalue weighted by Gasteiger charge is 2.31. The molecule has 3 aromatic rings. The van der Waals surface area contributed by atoms with Crippen molar-refractivity contribution in [2.75, 3.05) is 6.61 Å². The van der Waals surface area contributed by atoms with Crippen LogP contribution in [0.4, 0.5) is 0 Å². The lowest BCUT2D eigenvalue weighted by atomic mass is 9.83. The Balaban J connectivity index is 1.56. The summed E-state index contributed by atoms with van der Waals surface area (Å²) in [5.41, 5.74) is 9.65. The number of carbonyl (C=O) groups is 1. The minimum Gasteiger partial charge on any atom is -0.493 e. The maximum atomic E-state index is 12.7. The van der Waals surface area contributed by atoms with Gasteiger partial charge in [-0.3, -0.25) is 0 Å². The zero-order chi connectivity index (χ0) is 24.2. The Hall–Kier alpha value is -4.24. The number of benzene rings is 3. The summed E-state index contributed by atoms with van der Waals surface area (Å²) in [4.78, 5) is 12.7. The van der Waals surface area contributed by atoms with Crippen LogP contribution in [0, 0.1) is 24.2 Å². The zero-order valence-corrected chi connectivity index (χ0v) is 19.4. The molecule has 0 saturated heterocycles. The van der Waals surface area contributed by atoms with E-state index < -0.39 is 5.97 Å². The molecule has 1 aliphatic rings. The molecular weight excluding hydrogens is 428 g/mol. The van der Waals surface area contributed by atoms with Crippen molar-refractivity contribution >= 4 is 5.97 Å². The quantitative estimate of drug-likeness (QED) is 0.392. The molecule has 0 amide bonds. The molecule has 6 heteroatoms. The van der Waals surface area contributed by atoms with E-state index in [0.29, 0.717) is 40.9 Å². The van der Waals surface area contributed by atoms with Gasteiger partial charge in [-0.2, -0.15) is 5.26 Å². The van der Waals surface area contributed by atoms with Gasteiger partial charge in [0.1, 0.15) is 28.9 Å². The topological polar surface area (TPSA) is 94.6 Å². The van der Waals surface area contributed by atoms with E-state index in [0.717, 1.165) is 16.7 Å². The van der Waals surface area contributed by atoms with Crippen molar-refractivity contribution in [2.24, 2.45) is 11.7 Å². The Morgan fingerprint density at radius 1 is 1.06 bits per heavy atom. The van der Waals surface area contributed by atoms with Gasteiger partial charge in [-0.25, -0.2) is 4.79 Å². The SMILES string of the molecule is Cc1ccc(C2C(C#N)=C(N)Oc3cc(OC(=O)c4ccc(OCC(C)C)cc4)ccc32)cc1. The van der Waals surface area contributed by atoms with Crippen LogP contribution in [0.5, 0.6) is 17.2 Å². The molecule has 0 aromatic heterocycles. The highest BCUT2D eigenvalue weighted by Crippen LogP contribution is 2.43. The molecule has 0 radical (unpaired) electrons. The largest absolute Gasteiger partial charge is 0.493 e. The Labute approximate surface area is 199 Å². The number of hydrogen-bond acceptors (Lipinski definition) is 6. The molecule has 1 aliphatic heterocycles. The second kappa shape index (κ2) is 9.72. The summed E-state index contributed by atoms with van der Waals surface area (Å²) in [5.74, 6) is 1.06. The molecule has 0 spiro atoms. The molecule has 4 rings (SSSR count). The predicted octanol–water partition coefficient (Wildman–Crippen LogP) is 5.47. The number of rotatable bonds is 6. The molecule has 0 bridgehead atoms. The number of ether oxygens (including phenoxy) is 3. The van der Waals surface area contributed by atoms with Crippen molar-refractivity contribution < 1.29 is 19.0 Å². The summed E-state index contributed by atoms with van der Waals surface area (Å²) in [7, 11) is 0. The zero-order valence-electron chi connectivity index (χ0n) is 19.4. The first-order chi connectivity index (χ1) is 16.4. The van der Waals surface area contributed by atoms with Crippen LogP contribution in [-0.4, -0.2) is 12.6 Å². The summed E-state index contributed by atoms with van der Waals surface area (Å²) in [5, 5.41) is 9.71. The average molecular weight is 455 g/mol. The van der Waals surface area contributed by atoms with E-state index >= 15 is 0 Å². The number of fused-ring (bicyclic) bond motifs is 1. The molecular formula is C28H26N2O4. The maximum absolute atomic E-state index is 12.7. The normalized spacial score (nSPS) is 14.7. The van der Waals surface area contributed by atoms with E-state index in [-0.39, 0.29) is 11.8 Å². The van der Waals surface area contributed by atoms with Gasteiger partial charge in [0.2, 0.25) is 5.88 Å². The van der Waals surface area contributed by atoms with Gasteiger partial charge in [0.25, 0.3) is 0 Å². The van der Waals surface area contributed by atoms with Crippen molar-refractivity contribution in [2.45, 2.75) is 26.7 Å². The first-order valence-corrected chi connectivity index (χ1v) is 11.1. The van der Waals surface area contributed by atoms with E-state index in [1.807, 2.05) is 31.2 Å². The lowest BCUT2D eigenvalue weighted by Crippen LogP contribution is -2.21. The third-order valence-corrected chi connectivity index (χ3v) is 5.49. The van der Waals surface area contributed by atoms with Gasteiger partial charge in [-0.15, -0.1) is 0 Å². The summed E-state index contributed by atoms with van der Waals surface area (Å²) in [6.07, 6.45) is 0. The Bertz CT molecular complexity index is 1270.